The first-order valence-electron chi connectivity index (χ1n) is 4.97. The van der Waals surface area contributed by atoms with Crippen molar-refractivity contribution >= 4 is 33.5 Å². The molecule has 2 heterocycles. The summed E-state index contributed by atoms with van der Waals surface area (Å²) in [6.45, 7) is 0. The fourth-order valence-electron chi connectivity index (χ4n) is 1.32. The summed E-state index contributed by atoms with van der Waals surface area (Å²) in [4.78, 5) is 8.04. The second-order valence-electron chi connectivity index (χ2n) is 3.62. The predicted molar refractivity (Wildman–Crippen MR) is 64.4 cm³/mol. The summed E-state index contributed by atoms with van der Waals surface area (Å²) in [6, 6.07) is 0.436. The highest BCUT2D eigenvalue weighted by atomic mass is 79.9. The van der Waals surface area contributed by atoms with Gasteiger partial charge in [0.15, 0.2) is 0 Å². The van der Waals surface area contributed by atoms with Crippen molar-refractivity contribution in [2.24, 2.45) is 0 Å². The lowest BCUT2D eigenvalue weighted by Gasteiger charge is -2.04. The van der Waals surface area contributed by atoms with E-state index < -0.39 is 0 Å². The van der Waals surface area contributed by atoms with Crippen molar-refractivity contribution in [1.82, 2.24) is 30.2 Å². The quantitative estimate of drug-likeness (QED) is 0.853. The number of tetrazole rings is 1. The number of hydrogen-bond donors (Lipinski definition) is 1. The average Bonchev–Trinajstić information content (AvgIpc) is 3.06. The Bertz CT molecular complexity index is 553. The summed E-state index contributed by atoms with van der Waals surface area (Å²) in [6.07, 6.45) is 3.69. The Balaban J connectivity index is 1.91. The van der Waals surface area contributed by atoms with Crippen LogP contribution in [0.15, 0.2) is 21.0 Å². The fourth-order valence-corrected chi connectivity index (χ4v) is 2.60. The van der Waals surface area contributed by atoms with Crippen LogP contribution < -0.4 is 5.73 Å². The topological polar surface area (TPSA) is 95.4 Å². The molecule has 0 atom stereocenters. The number of nitrogens with zero attached hydrogens (tertiary/aromatic N) is 6. The Labute approximate surface area is 109 Å². The summed E-state index contributed by atoms with van der Waals surface area (Å²) in [5, 5.41) is 13.1. The highest BCUT2D eigenvalue weighted by molar-refractivity contribution is 9.10. The van der Waals surface area contributed by atoms with E-state index in [-0.39, 0.29) is 0 Å². The number of aromatic nitrogens is 6. The van der Waals surface area contributed by atoms with Crippen LogP contribution in [-0.4, -0.2) is 30.2 Å². The number of halogens is 1. The molecule has 0 unspecified atom stereocenters. The van der Waals surface area contributed by atoms with Crippen LogP contribution in [0.4, 0.5) is 5.82 Å². The largest absolute Gasteiger partial charge is 0.383 e. The van der Waals surface area contributed by atoms with Crippen molar-refractivity contribution in [1.29, 1.82) is 0 Å². The molecule has 0 radical (unpaired) electrons. The summed E-state index contributed by atoms with van der Waals surface area (Å²) in [5.74, 6) is 0.410. The molecule has 0 spiro atoms. The van der Waals surface area contributed by atoms with Crippen molar-refractivity contribution < 1.29 is 0 Å². The van der Waals surface area contributed by atoms with Crippen LogP contribution in [0.1, 0.15) is 18.9 Å². The second-order valence-corrected chi connectivity index (χ2v) is 5.37. The van der Waals surface area contributed by atoms with Crippen molar-refractivity contribution in [3.8, 4) is 0 Å². The van der Waals surface area contributed by atoms with Crippen molar-refractivity contribution in [3.63, 3.8) is 0 Å². The second kappa shape index (κ2) is 4.22. The van der Waals surface area contributed by atoms with Crippen LogP contribution in [0.5, 0.6) is 0 Å². The van der Waals surface area contributed by atoms with E-state index in [1.54, 1.807) is 0 Å². The molecular formula is C8H8BrN7S. The summed E-state index contributed by atoms with van der Waals surface area (Å²) < 4.78 is 2.51. The van der Waals surface area contributed by atoms with Crippen molar-refractivity contribution in [2.75, 3.05) is 5.73 Å². The zero-order valence-corrected chi connectivity index (χ0v) is 11.0. The normalized spacial score (nSPS) is 15.1. The van der Waals surface area contributed by atoms with Crippen LogP contribution in [0.3, 0.4) is 0 Å². The number of rotatable bonds is 3. The molecule has 0 saturated heterocycles. The minimum absolute atomic E-state index is 0.410. The van der Waals surface area contributed by atoms with E-state index in [9.17, 15) is 0 Å². The molecule has 2 N–H and O–H groups in total. The monoisotopic (exact) mass is 313 g/mol. The highest BCUT2D eigenvalue weighted by Crippen LogP contribution is 2.39. The molecule has 17 heavy (non-hydrogen) atoms. The first-order valence-corrected chi connectivity index (χ1v) is 6.58. The maximum Gasteiger partial charge on any atom is 0.215 e. The van der Waals surface area contributed by atoms with Crippen LogP contribution in [-0.2, 0) is 0 Å². The van der Waals surface area contributed by atoms with Gasteiger partial charge in [0.2, 0.25) is 5.16 Å². The van der Waals surface area contributed by atoms with E-state index in [1.165, 1.54) is 18.1 Å². The van der Waals surface area contributed by atoms with Crippen LogP contribution in [0.2, 0.25) is 0 Å². The zero-order valence-electron chi connectivity index (χ0n) is 8.62. The first-order chi connectivity index (χ1) is 8.25. The van der Waals surface area contributed by atoms with Gasteiger partial charge in [0.1, 0.15) is 17.2 Å². The molecule has 7 nitrogen and oxygen atoms in total. The smallest absolute Gasteiger partial charge is 0.215 e. The Morgan fingerprint density at radius 2 is 2.24 bits per heavy atom. The molecule has 1 saturated carbocycles. The first kappa shape index (κ1) is 10.9. The van der Waals surface area contributed by atoms with Gasteiger partial charge in [0.05, 0.1) is 10.5 Å². The van der Waals surface area contributed by atoms with E-state index in [1.807, 2.05) is 4.68 Å². The lowest BCUT2D eigenvalue weighted by molar-refractivity contribution is 0.565. The summed E-state index contributed by atoms with van der Waals surface area (Å²) in [7, 11) is 0. The molecule has 1 aliphatic rings. The maximum absolute atomic E-state index is 5.69. The number of hydrogen-bond acceptors (Lipinski definition) is 7. The van der Waals surface area contributed by atoms with Crippen LogP contribution in [0.25, 0.3) is 0 Å². The molecule has 2 aromatic rings. The molecule has 1 aliphatic carbocycles. The van der Waals surface area contributed by atoms with Crippen LogP contribution in [0, 0.1) is 0 Å². The third kappa shape index (κ3) is 2.12. The van der Waals surface area contributed by atoms with E-state index in [0.717, 1.165) is 18.0 Å². The van der Waals surface area contributed by atoms with E-state index in [0.29, 0.717) is 21.4 Å². The van der Waals surface area contributed by atoms with Gasteiger partial charge in [-0.25, -0.2) is 14.6 Å². The number of nitrogen functional groups attached to an aromatic ring is 1. The third-order valence-corrected chi connectivity index (χ3v) is 4.33. The zero-order chi connectivity index (χ0) is 11.8. The number of nitrogens with two attached hydrogens (primary N) is 1. The lowest BCUT2D eigenvalue weighted by Crippen LogP contribution is -2.00. The molecular weight excluding hydrogens is 306 g/mol. The molecule has 2 aromatic heterocycles. The van der Waals surface area contributed by atoms with E-state index in [4.69, 9.17) is 5.73 Å². The predicted octanol–water partition coefficient (Wildman–Crippen LogP) is 1.29. The Morgan fingerprint density at radius 3 is 3.00 bits per heavy atom. The molecule has 0 amide bonds. The SMILES string of the molecule is Nc1ncnc(Sc2nnnn2C2CC2)c1Br. The van der Waals surface area contributed by atoms with Gasteiger partial charge in [-0.2, -0.15) is 0 Å². The molecule has 9 heteroatoms. The fraction of sp³-hybridized carbons (Fsp3) is 0.375. The van der Waals surface area contributed by atoms with E-state index >= 15 is 0 Å². The van der Waals surface area contributed by atoms with Crippen LogP contribution >= 0.6 is 27.7 Å². The summed E-state index contributed by atoms with van der Waals surface area (Å²) >= 11 is 4.73. The lowest BCUT2D eigenvalue weighted by atomic mass is 10.6. The van der Waals surface area contributed by atoms with Gasteiger partial charge in [0, 0.05) is 0 Å². The minimum Gasteiger partial charge on any atom is -0.383 e. The van der Waals surface area contributed by atoms with Gasteiger partial charge in [-0.1, -0.05) is 0 Å². The molecule has 0 aromatic carbocycles. The van der Waals surface area contributed by atoms with Gasteiger partial charge in [-0.05, 0) is 51.0 Å². The molecule has 1 fully saturated rings. The Hall–Kier alpha value is -1.22. The Kier molecular flexibility index (Phi) is 2.71. The molecule has 0 bridgehead atoms. The molecule has 88 valence electrons. The Morgan fingerprint density at radius 1 is 1.41 bits per heavy atom. The number of anilines is 1. The average molecular weight is 314 g/mol. The van der Waals surface area contributed by atoms with Gasteiger partial charge in [0.25, 0.3) is 0 Å². The van der Waals surface area contributed by atoms with Crippen molar-refractivity contribution in [2.45, 2.75) is 29.1 Å². The van der Waals surface area contributed by atoms with Gasteiger partial charge in [-0.15, -0.1) is 5.10 Å². The highest BCUT2D eigenvalue weighted by Gasteiger charge is 2.28. The molecule has 3 rings (SSSR count). The van der Waals surface area contributed by atoms with Gasteiger partial charge >= 0.3 is 0 Å². The summed E-state index contributed by atoms with van der Waals surface area (Å²) in [5.41, 5.74) is 5.69. The third-order valence-electron chi connectivity index (χ3n) is 2.33. The molecule has 0 aliphatic heterocycles. The van der Waals surface area contributed by atoms with Gasteiger partial charge < -0.3 is 5.73 Å². The maximum atomic E-state index is 5.69. The minimum atomic E-state index is 0.410. The van der Waals surface area contributed by atoms with Crippen molar-refractivity contribution in [3.05, 3.63) is 10.8 Å². The van der Waals surface area contributed by atoms with E-state index in [2.05, 4.69) is 41.4 Å². The standard InChI is InChI=1S/C8H8BrN7S/c9-5-6(10)11-3-12-7(5)17-8-13-14-15-16(8)4-1-2-4/h3-4H,1-2H2,(H2,10,11,12). The van der Waals surface area contributed by atoms with Gasteiger partial charge in [-0.3, -0.25) is 0 Å².